The van der Waals surface area contributed by atoms with E-state index in [-0.39, 0.29) is 23.2 Å². The van der Waals surface area contributed by atoms with Crippen LogP contribution < -0.4 is 0 Å². The summed E-state index contributed by atoms with van der Waals surface area (Å²) in [5.74, 6) is -0.0866. The third kappa shape index (κ3) is 3.25. The second kappa shape index (κ2) is 6.90. The number of thiophene rings is 1. The van der Waals surface area contributed by atoms with Crippen LogP contribution >= 0.6 is 34.3 Å². The Kier molecular flexibility index (Phi) is 4.74. The number of amides is 1. The summed E-state index contributed by atoms with van der Waals surface area (Å²) >= 11 is 8.38. The summed E-state index contributed by atoms with van der Waals surface area (Å²) in [6, 6.07) is 8.53. The van der Waals surface area contributed by atoms with Gasteiger partial charge in [-0.2, -0.15) is 4.31 Å². The number of piperazine rings is 1. The summed E-state index contributed by atoms with van der Waals surface area (Å²) in [6.45, 7) is 1.26. The number of benzene rings is 1. The van der Waals surface area contributed by atoms with Crippen LogP contribution in [0.15, 0.2) is 40.1 Å². The Bertz CT molecular complexity index is 1070. The van der Waals surface area contributed by atoms with Crippen LogP contribution in [0.2, 0.25) is 4.34 Å². The van der Waals surface area contributed by atoms with Crippen LogP contribution in [0.3, 0.4) is 0 Å². The van der Waals surface area contributed by atoms with Crippen molar-refractivity contribution in [2.75, 3.05) is 26.2 Å². The van der Waals surface area contributed by atoms with Crippen molar-refractivity contribution in [1.29, 1.82) is 0 Å². The zero-order chi connectivity index (χ0) is 18.3. The highest BCUT2D eigenvalue weighted by molar-refractivity contribution is 7.91. The topological polar surface area (TPSA) is 70.6 Å². The predicted octanol–water partition coefficient (Wildman–Crippen LogP) is 3.16. The van der Waals surface area contributed by atoms with Crippen LogP contribution in [0.5, 0.6) is 0 Å². The quantitative estimate of drug-likeness (QED) is 0.643. The van der Waals surface area contributed by atoms with Gasteiger partial charge in [-0.25, -0.2) is 13.4 Å². The zero-order valence-corrected chi connectivity index (χ0v) is 16.7. The molecule has 0 spiro atoms. The summed E-state index contributed by atoms with van der Waals surface area (Å²) in [5.41, 5.74) is 3.22. The van der Waals surface area contributed by atoms with Crippen LogP contribution in [0.1, 0.15) is 10.4 Å². The number of hydrogen-bond acceptors (Lipinski definition) is 6. The van der Waals surface area contributed by atoms with E-state index >= 15 is 0 Å². The first-order chi connectivity index (χ1) is 12.4. The molecular formula is C16H14ClN3O3S3. The monoisotopic (exact) mass is 427 g/mol. The van der Waals surface area contributed by atoms with Crippen molar-refractivity contribution in [2.45, 2.75) is 4.21 Å². The van der Waals surface area contributed by atoms with Crippen LogP contribution in [0.4, 0.5) is 0 Å². The van der Waals surface area contributed by atoms with Crippen LogP contribution in [0, 0.1) is 0 Å². The molecule has 3 heterocycles. The molecule has 4 rings (SSSR count). The average molecular weight is 428 g/mol. The molecule has 3 aromatic rings. The average Bonchev–Trinajstić information content (AvgIpc) is 3.29. The van der Waals surface area contributed by atoms with Crippen molar-refractivity contribution in [3.63, 3.8) is 0 Å². The van der Waals surface area contributed by atoms with Crippen molar-refractivity contribution in [2.24, 2.45) is 0 Å². The fourth-order valence-corrected chi connectivity index (χ4v) is 6.64. The van der Waals surface area contributed by atoms with Gasteiger partial charge in [0.2, 0.25) is 0 Å². The molecule has 6 nitrogen and oxygen atoms in total. The number of rotatable bonds is 3. The highest BCUT2D eigenvalue weighted by Crippen LogP contribution is 2.29. The van der Waals surface area contributed by atoms with E-state index in [4.69, 9.17) is 11.6 Å². The number of hydrogen-bond donors (Lipinski definition) is 0. The maximum atomic E-state index is 12.7. The standard InChI is InChI=1S/C16H14ClN3O3S3/c17-14-3-4-15(25-14)26(22,23)20-7-5-19(6-8-20)16(21)11-1-2-12-13(9-11)24-10-18-12/h1-4,9-10H,5-8H2. The minimum absolute atomic E-state index is 0.0866. The molecule has 0 bridgehead atoms. The Morgan fingerprint density at radius 2 is 1.88 bits per heavy atom. The van der Waals surface area contributed by atoms with Crippen LogP contribution in [-0.2, 0) is 10.0 Å². The summed E-state index contributed by atoms with van der Waals surface area (Å²) < 4.78 is 28.3. The fourth-order valence-electron chi connectivity index (χ4n) is 2.87. The third-order valence-electron chi connectivity index (χ3n) is 4.25. The van der Waals surface area contributed by atoms with Gasteiger partial charge in [0.1, 0.15) is 4.21 Å². The van der Waals surface area contributed by atoms with E-state index in [0.717, 1.165) is 21.6 Å². The van der Waals surface area contributed by atoms with Gasteiger partial charge in [-0.05, 0) is 30.3 Å². The summed E-state index contributed by atoms with van der Waals surface area (Å²) in [4.78, 5) is 18.6. The molecule has 1 saturated heterocycles. The fraction of sp³-hybridized carbons (Fsp3) is 0.250. The van der Waals surface area contributed by atoms with Gasteiger partial charge in [0, 0.05) is 31.7 Å². The lowest BCUT2D eigenvalue weighted by molar-refractivity contribution is 0.0698. The van der Waals surface area contributed by atoms with Crippen LogP contribution in [0.25, 0.3) is 10.2 Å². The van der Waals surface area contributed by atoms with Gasteiger partial charge in [-0.1, -0.05) is 11.6 Å². The van der Waals surface area contributed by atoms with Gasteiger partial charge in [0.25, 0.3) is 15.9 Å². The molecule has 1 aromatic carbocycles. The second-order valence-corrected chi connectivity index (χ2v) is 10.6. The Labute approximate surface area is 163 Å². The molecule has 26 heavy (non-hydrogen) atoms. The van der Waals surface area contributed by atoms with E-state index < -0.39 is 10.0 Å². The molecule has 1 aliphatic rings. The van der Waals surface area contributed by atoms with Gasteiger partial charge in [0.15, 0.2) is 0 Å². The number of aromatic nitrogens is 1. The molecule has 0 aliphatic carbocycles. The minimum atomic E-state index is -3.55. The van der Waals surface area contributed by atoms with Gasteiger partial charge in [-0.3, -0.25) is 4.79 Å². The van der Waals surface area contributed by atoms with E-state index in [9.17, 15) is 13.2 Å². The largest absolute Gasteiger partial charge is 0.336 e. The highest BCUT2D eigenvalue weighted by atomic mass is 35.5. The second-order valence-electron chi connectivity index (χ2n) is 5.79. The molecule has 1 aliphatic heterocycles. The number of sulfonamides is 1. The number of fused-ring (bicyclic) bond motifs is 1. The lowest BCUT2D eigenvalue weighted by Gasteiger charge is -2.33. The molecule has 0 N–H and O–H groups in total. The van der Waals surface area contributed by atoms with E-state index in [1.165, 1.54) is 21.7 Å². The SMILES string of the molecule is O=C(c1ccc2ncsc2c1)N1CCN(S(=O)(=O)c2ccc(Cl)s2)CC1. The first-order valence-corrected chi connectivity index (χ1v) is 11.3. The number of nitrogens with zero attached hydrogens (tertiary/aromatic N) is 3. The van der Waals surface area contributed by atoms with Gasteiger partial charge in [-0.15, -0.1) is 22.7 Å². The van der Waals surface area contributed by atoms with Crippen LogP contribution in [-0.4, -0.2) is 54.7 Å². The molecule has 0 radical (unpaired) electrons. The molecular weight excluding hydrogens is 414 g/mol. The molecule has 10 heteroatoms. The molecule has 2 aromatic heterocycles. The van der Waals surface area contributed by atoms with Gasteiger partial charge >= 0.3 is 0 Å². The number of carbonyl (C=O) groups is 1. The maximum absolute atomic E-state index is 12.7. The number of thiazole rings is 1. The number of carbonyl (C=O) groups excluding carboxylic acids is 1. The molecule has 136 valence electrons. The smallest absolute Gasteiger partial charge is 0.253 e. The molecule has 1 amide bonds. The number of halogens is 1. The Hall–Kier alpha value is -1.52. The van der Waals surface area contributed by atoms with Crippen molar-refractivity contribution in [1.82, 2.24) is 14.2 Å². The molecule has 0 unspecified atom stereocenters. The van der Waals surface area contributed by atoms with Crippen molar-refractivity contribution in [3.05, 3.63) is 45.7 Å². The highest BCUT2D eigenvalue weighted by Gasteiger charge is 2.31. The van der Waals surface area contributed by atoms with Gasteiger partial charge < -0.3 is 4.90 Å². The first-order valence-electron chi connectivity index (χ1n) is 7.83. The van der Waals surface area contributed by atoms with Crippen molar-refractivity contribution >= 4 is 60.4 Å². The zero-order valence-electron chi connectivity index (χ0n) is 13.5. The third-order valence-corrected chi connectivity index (χ3v) is 8.64. The van der Waals surface area contributed by atoms with Crippen molar-refractivity contribution < 1.29 is 13.2 Å². The van der Waals surface area contributed by atoms with Crippen molar-refractivity contribution in [3.8, 4) is 0 Å². The van der Waals surface area contributed by atoms with E-state index in [1.807, 2.05) is 12.1 Å². The molecule has 0 atom stereocenters. The Morgan fingerprint density at radius 1 is 1.12 bits per heavy atom. The molecule has 1 fully saturated rings. The summed E-state index contributed by atoms with van der Waals surface area (Å²) in [5, 5.41) is 0. The first kappa shape index (κ1) is 17.9. The Balaban J connectivity index is 1.46. The predicted molar refractivity (Wildman–Crippen MR) is 104 cm³/mol. The van der Waals surface area contributed by atoms with E-state index in [1.54, 1.807) is 22.5 Å². The maximum Gasteiger partial charge on any atom is 0.253 e. The van der Waals surface area contributed by atoms with Gasteiger partial charge in [0.05, 0.1) is 20.1 Å². The normalized spacial score (nSPS) is 16.3. The minimum Gasteiger partial charge on any atom is -0.336 e. The Morgan fingerprint density at radius 3 is 2.58 bits per heavy atom. The van der Waals surface area contributed by atoms with E-state index in [2.05, 4.69) is 4.98 Å². The summed E-state index contributed by atoms with van der Waals surface area (Å²) in [7, 11) is -3.55. The lowest BCUT2D eigenvalue weighted by Crippen LogP contribution is -2.50. The van der Waals surface area contributed by atoms with E-state index in [0.29, 0.717) is 23.0 Å². The lowest BCUT2D eigenvalue weighted by atomic mass is 10.2. The molecule has 0 saturated carbocycles. The summed E-state index contributed by atoms with van der Waals surface area (Å²) in [6.07, 6.45) is 0.